The molecule has 2 aliphatic heterocycles. The third-order valence-corrected chi connectivity index (χ3v) is 5.44. The predicted octanol–water partition coefficient (Wildman–Crippen LogP) is -1.41. The summed E-state index contributed by atoms with van der Waals surface area (Å²) in [6.07, 6.45) is 3.44. The Morgan fingerprint density at radius 3 is 1.41 bits per heavy atom. The highest BCUT2D eigenvalue weighted by Gasteiger charge is 2.36. The first kappa shape index (κ1) is 25.1. The van der Waals surface area contributed by atoms with E-state index in [4.69, 9.17) is 20.9 Å². The van der Waals surface area contributed by atoms with Gasteiger partial charge >= 0.3 is 11.9 Å². The minimum Gasteiger partial charge on any atom is -0.454 e. The summed E-state index contributed by atoms with van der Waals surface area (Å²) in [5.74, 6) is -3.25. The summed E-state index contributed by atoms with van der Waals surface area (Å²) in [4.78, 5) is 73.5. The highest BCUT2D eigenvalue weighted by atomic mass is 16.5. The number of carbonyl (C=O) groups is 6. The molecular formula is C20H30N4O8. The van der Waals surface area contributed by atoms with E-state index in [-0.39, 0.29) is 24.7 Å². The Balaban J connectivity index is 1.74. The van der Waals surface area contributed by atoms with Crippen molar-refractivity contribution in [1.29, 1.82) is 0 Å². The Morgan fingerprint density at radius 1 is 0.688 bits per heavy atom. The maximum absolute atomic E-state index is 12.5. The summed E-state index contributed by atoms with van der Waals surface area (Å²) < 4.78 is 9.64. The first-order valence-electron chi connectivity index (χ1n) is 10.7. The van der Waals surface area contributed by atoms with Gasteiger partial charge in [0.1, 0.15) is 12.1 Å². The lowest BCUT2D eigenvalue weighted by molar-refractivity contribution is -0.155. The molecular weight excluding hydrogens is 424 g/mol. The largest absolute Gasteiger partial charge is 0.454 e. The molecule has 12 nitrogen and oxygen atoms in total. The minimum atomic E-state index is -0.764. The maximum Gasteiger partial charge on any atom is 0.329 e. The van der Waals surface area contributed by atoms with Crippen molar-refractivity contribution in [3.63, 3.8) is 0 Å². The average Bonchev–Trinajstić information content (AvgIpc) is 3.42. The van der Waals surface area contributed by atoms with Gasteiger partial charge in [0, 0.05) is 25.9 Å². The summed E-state index contributed by atoms with van der Waals surface area (Å²) in [5, 5.41) is 0. The van der Waals surface area contributed by atoms with Crippen LogP contribution in [0.2, 0.25) is 0 Å². The van der Waals surface area contributed by atoms with Crippen LogP contribution in [0.5, 0.6) is 0 Å². The molecule has 0 bridgehead atoms. The normalized spacial score (nSPS) is 20.1. The van der Waals surface area contributed by atoms with Crippen LogP contribution in [0.1, 0.15) is 51.4 Å². The summed E-state index contributed by atoms with van der Waals surface area (Å²) >= 11 is 0. The van der Waals surface area contributed by atoms with Crippen LogP contribution in [0, 0.1) is 0 Å². The summed E-state index contributed by atoms with van der Waals surface area (Å²) in [7, 11) is 0. The molecule has 178 valence electrons. The SMILES string of the molecule is NC(=O)COC(=O)C1CCCN1C(=O)CCCCC(=O)N1CCC[C@@H]1C(=O)OCC(N)=O. The van der Waals surface area contributed by atoms with E-state index in [9.17, 15) is 28.8 Å². The fourth-order valence-corrected chi connectivity index (χ4v) is 3.94. The van der Waals surface area contributed by atoms with Gasteiger partial charge in [-0.15, -0.1) is 0 Å². The molecule has 2 saturated heterocycles. The molecule has 0 aromatic heterocycles. The van der Waals surface area contributed by atoms with E-state index in [0.717, 1.165) is 0 Å². The first-order chi connectivity index (χ1) is 15.2. The minimum absolute atomic E-state index is 0.164. The van der Waals surface area contributed by atoms with Gasteiger partial charge in [0.15, 0.2) is 13.2 Å². The molecule has 4 N–H and O–H groups in total. The predicted molar refractivity (Wildman–Crippen MR) is 108 cm³/mol. The van der Waals surface area contributed by atoms with Gasteiger partial charge in [-0.2, -0.15) is 0 Å². The average molecular weight is 454 g/mol. The van der Waals surface area contributed by atoms with Crippen LogP contribution in [-0.4, -0.2) is 83.8 Å². The number of esters is 2. The number of primary amides is 2. The fourth-order valence-electron chi connectivity index (χ4n) is 3.94. The number of unbranched alkanes of at least 4 members (excludes halogenated alkanes) is 1. The number of likely N-dealkylation sites (tertiary alicyclic amines) is 2. The Labute approximate surface area is 185 Å². The second-order valence-electron chi connectivity index (χ2n) is 7.85. The summed E-state index contributed by atoms with van der Waals surface area (Å²) in [5.41, 5.74) is 9.93. The van der Waals surface area contributed by atoms with E-state index < -0.39 is 49.1 Å². The van der Waals surface area contributed by atoms with E-state index in [0.29, 0.717) is 51.6 Å². The Morgan fingerprint density at radius 2 is 1.06 bits per heavy atom. The number of amides is 4. The van der Waals surface area contributed by atoms with Crippen LogP contribution in [0.25, 0.3) is 0 Å². The third kappa shape index (κ3) is 7.20. The van der Waals surface area contributed by atoms with Crippen molar-refractivity contribution in [2.75, 3.05) is 26.3 Å². The topological polar surface area (TPSA) is 179 Å². The molecule has 0 aliphatic carbocycles. The lowest BCUT2D eigenvalue weighted by Crippen LogP contribution is -2.42. The van der Waals surface area contributed by atoms with Gasteiger partial charge in [0.2, 0.25) is 11.8 Å². The molecule has 2 heterocycles. The quantitative estimate of drug-likeness (QED) is 0.282. The molecule has 0 spiro atoms. The second kappa shape index (κ2) is 12.0. The zero-order valence-corrected chi connectivity index (χ0v) is 18.0. The van der Waals surface area contributed by atoms with Gasteiger partial charge in [-0.25, -0.2) is 9.59 Å². The molecule has 1 unspecified atom stereocenters. The number of ether oxygens (including phenoxy) is 2. The molecule has 4 amide bonds. The van der Waals surface area contributed by atoms with E-state index in [1.807, 2.05) is 0 Å². The number of nitrogens with two attached hydrogens (primary N) is 2. The van der Waals surface area contributed by atoms with Crippen molar-refractivity contribution in [1.82, 2.24) is 9.80 Å². The molecule has 2 atom stereocenters. The first-order valence-corrected chi connectivity index (χ1v) is 10.7. The van der Waals surface area contributed by atoms with Crippen LogP contribution in [0.15, 0.2) is 0 Å². The van der Waals surface area contributed by atoms with Gasteiger partial charge in [0.25, 0.3) is 11.8 Å². The highest BCUT2D eigenvalue weighted by Crippen LogP contribution is 2.22. The number of nitrogens with zero attached hydrogens (tertiary/aromatic N) is 2. The zero-order valence-electron chi connectivity index (χ0n) is 18.0. The molecule has 0 radical (unpaired) electrons. The van der Waals surface area contributed by atoms with Crippen molar-refractivity contribution in [3.05, 3.63) is 0 Å². The number of rotatable bonds is 11. The molecule has 0 aromatic rings. The van der Waals surface area contributed by atoms with Crippen molar-refractivity contribution in [3.8, 4) is 0 Å². The van der Waals surface area contributed by atoms with Gasteiger partial charge in [0.05, 0.1) is 0 Å². The van der Waals surface area contributed by atoms with Crippen molar-refractivity contribution in [2.24, 2.45) is 11.5 Å². The molecule has 32 heavy (non-hydrogen) atoms. The Kier molecular flexibility index (Phi) is 9.41. The molecule has 0 aromatic carbocycles. The number of hydrogen-bond acceptors (Lipinski definition) is 8. The Bertz CT molecular complexity index is 694. The van der Waals surface area contributed by atoms with Crippen LogP contribution < -0.4 is 11.5 Å². The van der Waals surface area contributed by atoms with Gasteiger partial charge in [-0.3, -0.25) is 19.2 Å². The van der Waals surface area contributed by atoms with E-state index in [2.05, 4.69) is 0 Å². The molecule has 0 saturated carbocycles. The summed E-state index contributed by atoms with van der Waals surface area (Å²) in [6.45, 7) is -0.186. The summed E-state index contributed by atoms with van der Waals surface area (Å²) in [6, 6.07) is -1.44. The fraction of sp³-hybridized carbons (Fsp3) is 0.700. The van der Waals surface area contributed by atoms with E-state index in [1.165, 1.54) is 9.80 Å². The van der Waals surface area contributed by atoms with Gasteiger partial charge < -0.3 is 30.7 Å². The molecule has 2 rings (SSSR count). The van der Waals surface area contributed by atoms with Crippen LogP contribution >= 0.6 is 0 Å². The van der Waals surface area contributed by atoms with Gasteiger partial charge in [-0.1, -0.05) is 0 Å². The van der Waals surface area contributed by atoms with E-state index in [1.54, 1.807) is 0 Å². The van der Waals surface area contributed by atoms with Crippen molar-refractivity contribution < 1.29 is 38.2 Å². The zero-order chi connectivity index (χ0) is 23.7. The highest BCUT2D eigenvalue weighted by molar-refractivity contribution is 5.87. The third-order valence-electron chi connectivity index (χ3n) is 5.44. The molecule has 2 fully saturated rings. The van der Waals surface area contributed by atoms with Crippen LogP contribution in [0.3, 0.4) is 0 Å². The lowest BCUT2D eigenvalue weighted by atomic mass is 10.1. The number of carbonyl (C=O) groups excluding carboxylic acids is 6. The lowest BCUT2D eigenvalue weighted by Gasteiger charge is -2.24. The standard InChI is InChI=1S/C20H30N4O8/c21-15(25)11-31-19(29)13-5-3-9-23(13)17(27)7-1-2-8-18(28)24-10-4-6-14(24)20(30)32-12-16(22)26/h13-14H,1-12H2,(H2,21,25)(H2,22,26)/t13-,14?/m1/s1. The molecule has 12 heteroatoms. The van der Waals surface area contributed by atoms with E-state index >= 15 is 0 Å². The number of hydrogen-bond donors (Lipinski definition) is 2. The smallest absolute Gasteiger partial charge is 0.329 e. The van der Waals surface area contributed by atoms with Crippen molar-refractivity contribution >= 4 is 35.6 Å². The van der Waals surface area contributed by atoms with Gasteiger partial charge in [-0.05, 0) is 38.5 Å². The van der Waals surface area contributed by atoms with Crippen molar-refractivity contribution in [2.45, 2.75) is 63.5 Å². The van der Waals surface area contributed by atoms with Crippen LogP contribution in [-0.2, 0) is 38.2 Å². The maximum atomic E-state index is 12.5. The monoisotopic (exact) mass is 454 g/mol. The van der Waals surface area contributed by atoms with Crippen LogP contribution in [0.4, 0.5) is 0 Å². The molecule has 2 aliphatic rings. The Hall–Kier alpha value is -3.18. The second-order valence-corrected chi connectivity index (χ2v) is 7.85.